The first-order valence-corrected chi connectivity index (χ1v) is 7.42. The maximum atomic E-state index is 7.40. The van der Waals surface area contributed by atoms with Crippen LogP contribution in [0.1, 0.15) is 24.7 Å². The SMILES string of the molecule is CONO.[CH2-]N1CCC(c2ccccc2)(c2nn[nH]n2)C(C)C1.[W]. The van der Waals surface area contributed by atoms with Gasteiger partial charge in [0, 0.05) is 21.1 Å². The molecule has 1 aromatic carbocycles. The summed E-state index contributed by atoms with van der Waals surface area (Å²) >= 11 is 0. The molecule has 2 unspecified atom stereocenters. The quantitative estimate of drug-likeness (QED) is 0.427. The summed E-state index contributed by atoms with van der Waals surface area (Å²) in [7, 11) is 5.38. The van der Waals surface area contributed by atoms with Crippen LogP contribution < -0.4 is 5.64 Å². The van der Waals surface area contributed by atoms with E-state index in [9.17, 15) is 0 Å². The molecule has 0 radical (unpaired) electrons. The molecule has 24 heavy (non-hydrogen) atoms. The molecule has 0 aliphatic carbocycles. The van der Waals surface area contributed by atoms with Crippen molar-refractivity contribution in [1.82, 2.24) is 31.2 Å². The number of hydrogen-bond acceptors (Lipinski definition) is 7. The predicted molar refractivity (Wildman–Crippen MR) is 84.0 cm³/mol. The van der Waals surface area contributed by atoms with E-state index in [1.165, 1.54) is 18.3 Å². The zero-order valence-corrected chi connectivity index (χ0v) is 16.8. The van der Waals surface area contributed by atoms with Crippen molar-refractivity contribution < 1.29 is 31.1 Å². The van der Waals surface area contributed by atoms with E-state index in [1.54, 1.807) is 0 Å². The first kappa shape index (κ1) is 20.9. The van der Waals surface area contributed by atoms with Gasteiger partial charge in [-0.1, -0.05) is 48.1 Å². The molecule has 0 spiro atoms. The summed E-state index contributed by atoms with van der Waals surface area (Å²) in [6, 6.07) is 10.5. The average molecular weight is 503 g/mol. The third-order valence-corrected chi connectivity index (χ3v) is 4.32. The van der Waals surface area contributed by atoms with Crippen LogP contribution >= 0.6 is 0 Å². The summed E-state index contributed by atoms with van der Waals surface area (Å²) in [5.41, 5.74) is 2.53. The maximum Gasteiger partial charge on any atom is 0.185 e. The van der Waals surface area contributed by atoms with E-state index >= 15 is 0 Å². The summed E-state index contributed by atoms with van der Waals surface area (Å²) in [6.45, 7) is 4.11. The van der Waals surface area contributed by atoms with Gasteiger partial charge in [-0.15, -0.1) is 10.2 Å². The van der Waals surface area contributed by atoms with E-state index in [-0.39, 0.29) is 26.5 Å². The first-order chi connectivity index (χ1) is 11.1. The average Bonchev–Trinajstić information content (AvgIpc) is 3.11. The van der Waals surface area contributed by atoms with Crippen molar-refractivity contribution in [1.29, 1.82) is 0 Å². The number of rotatable bonds is 3. The molecule has 1 fully saturated rings. The van der Waals surface area contributed by atoms with Crippen LogP contribution in [0.15, 0.2) is 30.3 Å². The van der Waals surface area contributed by atoms with E-state index in [4.69, 9.17) is 5.21 Å². The van der Waals surface area contributed by atoms with Gasteiger partial charge in [0.15, 0.2) is 5.82 Å². The van der Waals surface area contributed by atoms with Crippen molar-refractivity contribution in [3.63, 3.8) is 0 Å². The molecule has 0 saturated carbocycles. The van der Waals surface area contributed by atoms with Gasteiger partial charge in [0.1, 0.15) is 0 Å². The number of aromatic amines is 1. The second kappa shape index (κ2) is 9.96. The van der Waals surface area contributed by atoms with Crippen LogP contribution in [0.2, 0.25) is 0 Å². The van der Waals surface area contributed by atoms with Crippen LogP contribution in [0.5, 0.6) is 0 Å². The standard InChI is InChI=1S/C14H18N5.CH5NO2.W/c1-11-10-19(2)9-8-14(11,13-15-17-18-16-13)12-6-4-3-5-7-12;1-4-2-3;/h3-7,11H,2,8-10H2,1H3,(H,15,16,17,18);2-3H,1H3;/q-1;;. The Balaban J connectivity index is 0.000000522. The van der Waals surface area contributed by atoms with Gasteiger partial charge in [-0.25, -0.2) is 0 Å². The summed E-state index contributed by atoms with van der Waals surface area (Å²) in [5.74, 6) is 1.18. The van der Waals surface area contributed by atoms with E-state index in [2.05, 4.69) is 68.6 Å². The minimum absolute atomic E-state index is 0. The van der Waals surface area contributed by atoms with Crippen LogP contribution in [-0.4, -0.2) is 50.9 Å². The van der Waals surface area contributed by atoms with Crippen molar-refractivity contribution in [2.75, 3.05) is 20.2 Å². The maximum absolute atomic E-state index is 7.40. The molecule has 3 N–H and O–H groups in total. The largest absolute Gasteiger partial charge is 0.459 e. The van der Waals surface area contributed by atoms with Crippen LogP contribution in [-0.2, 0) is 31.3 Å². The van der Waals surface area contributed by atoms with Crippen LogP contribution in [0.25, 0.3) is 0 Å². The number of H-pyrrole nitrogens is 1. The molecule has 2 atom stereocenters. The third kappa shape index (κ3) is 4.46. The van der Waals surface area contributed by atoms with Crippen LogP contribution in [0.3, 0.4) is 0 Å². The zero-order valence-electron chi connectivity index (χ0n) is 13.8. The molecule has 8 nitrogen and oxygen atoms in total. The number of aromatic nitrogens is 4. The smallest absolute Gasteiger partial charge is 0.185 e. The second-order valence-electron chi connectivity index (χ2n) is 5.60. The number of benzene rings is 1. The topological polar surface area (TPSA) is 99.2 Å². The first-order valence-electron chi connectivity index (χ1n) is 7.42. The normalized spacial score (nSPS) is 23.8. The van der Waals surface area contributed by atoms with Gasteiger partial charge in [0.25, 0.3) is 0 Å². The molecule has 0 bridgehead atoms. The minimum atomic E-state index is -0.164. The number of hydrogen-bond donors (Lipinski definition) is 3. The van der Waals surface area contributed by atoms with Gasteiger partial charge < -0.3 is 4.90 Å². The van der Waals surface area contributed by atoms with Gasteiger partial charge >= 0.3 is 0 Å². The van der Waals surface area contributed by atoms with Crippen molar-refractivity contribution in [2.24, 2.45) is 5.92 Å². The Hall–Kier alpha value is -1.18. The fraction of sp³-hybridized carbons (Fsp3) is 0.467. The predicted octanol–water partition coefficient (Wildman–Crippen LogP) is 1.14. The van der Waals surface area contributed by atoms with Gasteiger partial charge in [0.2, 0.25) is 0 Å². The fourth-order valence-electron chi connectivity index (χ4n) is 3.19. The van der Waals surface area contributed by atoms with Crippen molar-refractivity contribution >= 4 is 0 Å². The van der Waals surface area contributed by atoms with Crippen LogP contribution in [0, 0.1) is 13.0 Å². The monoisotopic (exact) mass is 503 g/mol. The summed E-state index contributed by atoms with van der Waals surface area (Å²) < 4.78 is 0. The van der Waals surface area contributed by atoms with Gasteiger partial charge in [-0.2, -0.15) is 5.21 Å². The van der Waals surface area contributed by atoms with E-state index in [0.717, 1.165) is 25.3 Å². The van der Waals surface area contributed by atoms with Gasteiger partial charge in [0.05, 0.1) is 12.5 Å². The minimum Gasteiger partial charge on any atom is -0.459 e. The number of nitrogens with one attached hydrogen (secondary N) is 2. The fourth-order valence-corrected chi connectivity index (χ4v) is 3.19. The van der Waals surface area contributed by atoms with Crippen molar-refractivity contribution in [3.05, 3.63) is 48.8 Å². The number of piperidine rings is 1. The van der Waals surface area contributed by atoms with Crippen LogP contribution in [0.4, 0.5) is 0 Å². The third-order valence-electron chi connectivity index (χ3n) is 4.32. The Morgan fingerprint density at radius 2 is 2.08 bits per heavy atom. The Labute approximate surface area is 156 Å². The van der Waals surface area contributed by atoms with E-state index in [1.807, 2.05) is 6.07 Å². The Morgan fingerprint density at radius 1 is 1.42 bits per heavy atom. The van der Waals surface area contributed by atoms with E-state index in [0.29, 0.717) is 5.92 Å². The molecule has 132 valence electrons. The molecule has 1 aromatic heterocycles. The number of likely N-dealkylation sites (tertiary alicyclic amines) is 1. The molecule has 3 rings (SSSR count). The van der Waals surface area contributed by atoms with Gasteiger partial charge in [-0.3, -0.25) is 17.1 Å². The molecule has 2 aromatic rings. The molecular weight excluding hydrogens is 480 g/mol. The summed E-state index contributed by atoms with van der Waals surface area (Å²) in [4.78, 5) is 5.96. The Kier molecular flexibility index (Phi) is 8.65. The zero-order chi connectivity index (χ0) is 16.7. The molecule has 0 amide bonds. The summed E-state index contributed by atoms with van der Waals surface area (Å²) in [5, 5.41) is 22.3. The Bertz CT molecular complexity index is 569. The number of nitrogens with zero attached hydrogens (tertiary/aromatic N) is 4. The van der Waals surface area contributed by atoms with Gasteiger partial charge in [-0.05, 0) is 31.0 Å². The molecule has 1 saturated heterocycles. The Morgan fingerprint density at radius 3 is 2.58 bits per heavy atom. The molecule has 1 aliphatic heterocycles. The molecule has 1 aliphatic rings. The molecule has 2 heterocycles. The van der Waals surface area contributed by atoms with Crippen molar-refractivity contribution in [2.45, 2.75) is 18.8 Å². The molecular formula is C15H23N6O2W-. The summed E-state index contributed by atoms with van der Waals surface area (Å²) in [6.07, 6.45) is 0.960. The second-order valence-corrected chi connectivity index (χ2v) is 5.60. The number of tetrazole rings is 1. The molecule has 9 heteroatoms. The van der Waals surface area contributed by atoms with Crippen molar-refractivity contribution in [3.8, 4) is 0 Å². The van der Waals surface area contributed by atoms with E-state index < -0.39 is 0 Å².